The van der Waals surface area contributed by atoms with Crippen LogP contribution in [0.5, 0.6) is 17.2 Å². The van der Waals surface area contributed by atoms with Gasteiger partial charge in [0.05, 0.1) is 45.5 Å². The van der Waals surface area contributed by atoms with Gasteiger partial charge in [0.15, 0.2) is 17.3 Å². The van der Waals surface area contributed by atoms with E-state index in [1.165, 1.54) is 37.5 Å². The van der Waals surface area contributed by atoms with Crippen molar-refractivity contribution in [3.63, 3.8) is 0 Å². The molecular weight excluding hydrogens is 519 g/mol. The fourth-order valence-corrected chi connectivity index (χ4v) is 4.30. The van der Waals surface area contributed by atoms with Crippen LogP contribution in [0.15, 0.2) is 60.9 Å². The number of carbonyl (C=O) groups excluding carboxylic acids is 1. The zero-order chi connectivity index (χ0) is 28.7. The number of aliphatic hydroxyl groups is 2. The lowest BCUT2D eigenvalue weighted by Crippen LogP contribution is -2.34. The summed E-state index contributed by atoms with van der Waals surface area (Å²) in [5.74, 6) is 0.623. The van der Waals surface area contributed by atoms with Gasteiger partial charge in [-0.2, -0.15) is 15.0 Å². The maximum absolute atomic E-state index is 14.0. The van der Waals surface area contributed by atoms with Crippen LogP contribution in [0.25, 0.3) is 11.3 Å². The highest BCUT2D eigenvalue weighted by Gasteiger charge is 2.34. The predicted molar refractivity (Wildman–Crippen MR) is 144 cm³/mol. The lowest BCUT2D eigenvalue weighted by atomic mass is 9.90. The zero-order valence-electron chi connectivity index (χ0n) is 22.5. The monoisotopic (exact) mass is 550 g/mol. The first kappa shape index (κ1) is 28.7. The first-order valence-electron chi connectivity index (χ1n) is 12.6. The lowest BCUT2D eigenvalue weighted by Gasteiger charge is -2.28. The Labute approximate surface area is 231 Å². The summed E-state index contributed by atoms with van der Waals surface area (Å²) >= 11 is 0. The third-order valence-electron chi connectivity index (χ3n) is 6.46. The van der Waals surface area contributed by atoms with Crippen LogP contribution in [-0.4, -0.2) is 63.4 Å². The minimum atomic E-state index is -1.64. The van der Waals surface area contributed by atoms with Gasteiger partial charge in [0, 0.05) is 17.5 Å². The molecule has 0 amide bonds. The highest BCUT2D eigenvalue weighted by atomic mass is 19.1. The van der Waals surface area contributed by atoms with Crippen LogP contribution in [0, 0.1) is 12.7 Å². The average Bonchev–Trinajstić information content (AvgIpc) is 3.48. The quantitative estimate of drug-likeness (QED) is 0.239. The summed E-state index contributed by atoms with van der Waals surface area (Å²) in [4.78, 5) is 19.3. The summed E-state index contributed by atoms with van der Waals surface area (Å²) in [7, 11) is 2.96. The van der Waals surface area contributed by atoms with Crippen molar-refractivity contribution in [2.75, 3.05) is 27.4 Å². The number of carbonyl (C=O) groups is 1. The summed E-state index contributed by atoms with van der Waals surface area (Å²) in [6, 6.07) is 12.7. The molecule has 4 rings (SSSR count). The molecule has 1 atom stereocenters. The molecule has 10 nitrogen and oxygen atoms in total. The zero-order valence-corrected chi connectivity index (χ0v) is 22.5. The maximum atomic E-state index is 14.0. The van der Waals surface area contributed by atoms with Gasteiger partial charge in [-0.3, -0.25) is 4.79 Å². The van der Waals surface area contributed by atoms with Crippen LogP contribution < -0.4 is 14.2 Å². The van der Waals surface area contributed by atoms with Crippen LogP contribution in [0.3, 0.4) is 0 Å². The van der Waals surface area contributed by atoms with E-state index in [9.17, 15) is 14.3 Å². The number of pyridine rings is 1. The summed E-state index contributed by atoms with van der Waals surface area (Å²) in [5.41, 5.74) is 0.488. The van der Waals surface area contributed by atoms with Crippen molar-refractivity contribution in [3.8, 4) is 28.5 Å². The molecule has 0 aliphatic rings. The lowest BCUT2D eigenvalue weighted by molar-refractivity contribution is -0.00258. The Hall–Kier alpha value is -4.35. The van der Waals surface area contributed by atoms with Crippen molar-refractivity contribution in [2.45, 2.75) is 31.9 Å². The van der Waals surface area contributed by atoms with Crippen LogP contribution in [0.4, 0.5) is 4.39 Å². The predicted octanol–water partition coefficient (Wildman–Crippen LogP) is 3.73. The summed E-state index contributed by atoms with van der Waals surface area (Å²) in [5, 5.41) is 29.2. The van der Waals surface area contributed by atoms with Gasteiger partial charge >= 0.3 is 0 Å². The van der Waals surface area contributed by atoms with Crippen molar-refractivity contribution in [1.29, 1.82) is 0 Å². The number of nitrogens with zero attached hydrogens (tertiary/aromatic N) is 4. The van der Waals surface area contributed by atoms with Gasteiger partial charge in [-0.15, -0.1) is 0 Å². The number of halogens is 1. The third kappa shape index (κ3) is 6.44. The number of aliphatic hydroxyl groups excluding tert-OH is 1. The normalized spacial score (nSPS) is 12.6. The summed E-state index contributed by atoms with van der Waals surface area (Å²) < 4.78 is 30.2. The van der Waals surface area contributed by atoms with E-state index in [1.54, 1.807) is 49.4 Å². The molecule has 0 aliphatic heterocycles. The van der Waals surface area contributed by atoms with Crippen LogP contribution in [-0.2, 0) is 12.1 Å². The standard InChI is InChI=1S/C29H31FN4O6/c1-19-16-21(4-6-22(19)30)28-25(38-2)8-9-27(33-28)29(37,18-34-31-12-13-32-34)11-10-23(36)20-5-7-24(40-15-14-35)26(17-20)39-3/h4-9,12-13,16-17,35,37H,10-11,14-15,18H2,1-3H3. The molecule has 11 heteroatoms. The number of ether oxygens (including phenoxy) is 3. The van der Waals surface area contributed by atoms with Gasteiger partial charge in [0.25, 0.3) is 0 Å². The molecule has 4 aromatic rings. The SMILES string of the molecule is COc1cc(C(=O)CCC(O)(Cn2nccn2)c2ccc(OC)c(-c3ccc(F)c(C)c3)n2)ccc1OCCO. The number of Topliss-reactive ketones (excluding diaryl/α,β-unsaturated/α-hetero) is 1. The molecule has 0 saturated carbocycles. The van der Waals surface area contributed by atoms with Crippen molar-refractivity contribution >= 4 is 5.78 Å². The second-order valence-corrected chi connectivity index (χ2v) is 9.16. The number of hydrogen-bond donors (Lipinski definition) is 2. The first-order valence-corrected chi connectivity index (χ1v) is 12.6. The van der Waals surface area contributed by atoms with Gasteiger partial charge < -0.3 is 24.4 Å². The van der Waals surface area contributed by atoms with Gasteiger partial charge in [-0.1, -0.05) is 0 Å². The molecule has 0 radical (unpaired) electrons. The minimum Gasteiger partial charge on any atom is -0.494 e. The number of ketones is 1. The smallest absolute Gasteiger partial charge is 0.163 e. The van der Waals surface area contributed by atoms with E-state index in [1.807, 2.05) is 0 Å². The Morgan fingerprint density at radius 1 is 1.00 bits per heavy atom. The Balaban J connectivity index is 1.65. The van der Waals surface area contributed by atoms with Gasteiger partial charge in [-0.25, -0.2) is 9.37 Å². The number of hydrogen-bond acceptors (Lipinski definition) is 9. The molecule has 0 fully saturated rings. The Bertz CT molecular complexity index is 1460. The van der Waals surface area contributed by atoms with Gasteiger partial charge in [0.2, 0.25) is 0 Å². The molecule has 1 unspecified atom stereocenters. The van der Waals surface area contributed by atoms with E-state index in [-0.39, 0.29) is 49.9 Å². The van der Waals surface area contributed by atoms with Crippen molar-refractivity contribution in [2.24, 2.45) is 0 Å². The van der Waals surface area contributed by atoms with E-state index in [4.69, 9.17) is 24.3 Å². The molecule has 2 aromatic heterocycles. The molecule has 0 spiro atoms. The fraction of sp³-hybridized carbons (Fsp3) is 0.310. The molecule has 2 N–H and O–H groups in total. The molecule has 210 valence electrons. The van der Waals surface area contributed by atoms with Gasteiger partial charge in [0.1, 0.15) is 29.5 Å². The topological polar surface area (TPSA) is 129 Å². The molecule has 0 aliphatic carbocycles. The maximum Gasteiger partial charge on any atom is 0.163 e. The molecule has 2 heterocycles. The highest BCUT2D eigenvalue weighted by Crippen LogP contribution is 2.35. The second kappa shape index (κ2) is 12.7. The number of aromatic nitrogens is 4. The Morgan fingerprint density at radius 2 is 1.73 bits per heavy atom. The average molecular weight is 551 g/mol. The number of aryl methyl sites for hydroxylation is 1. The van der Waals surface area contributed by atoms with Crippen molar-refractivity contribution in [1.82, 2.24) is 20.0 Å². The van der Waals surface area contributed by atoms with Crippen LogP contribution in [0.2, 0.25) is 0 Å². The van der Waals surface area contributed by atoms with Gasteiger partial charge in [-0.05, 0) is 67.4 Å². The van der Waals surface area contributed by atoms with Crippen LogP contribution >= 0.6 is 0 Å². The highest BCUT2D eigenvalue weighted by molar-refractivity contribution is 5.96. The Morgan fingerprint density at radius 3 is 2.40 bits per heavy atom. The molecule has 2 aromatic carbocycles. The Kier molecular flexibility index (Phi) is 9.08. The van der Waals surface area contributed by atoms with Crippen LogP contribution in [0.1, 0.15) is 34.5 Å². The molecular formula is C29H31FN4O6. The molecule has 40 heavy (non-hydrogen) atoms. The third-order valence-corrected chi connectivity index (χ3v) is 6.46. The number of benzene rings is 2. The second-order valence-electron chi connectivity index (χ2n) is 9.16. The van der Waals surface area contributed by atoms with Crippen molar-refractivity contribution in [3.05, 3.63) is 83.6 Å². The minimum absolute atomic E-state index is 0.000330. The van der Waals surface area contributed by atoms with E-state index in [0.29, 0.717) is 39.6 Å². The summed E-state index contributed by atoms with van der Waals surface area (Å²) in [6.45, 7) is 1.52. The van der Waals surface area contributed by atoms with E-state index < -0.39 is 5.60 Å². The van der Waals surface area contributed by atoms with E-state index >= 15 is 0 Å². The number of methoxy groups -OCH3 is 2. The first-order chi connectivity index (χ1) is 19.3. The molecule has 0 bridgehead atoms. The van der Waals surface area contributed by atoms with Crippen molar-refractivity contribution < 1.29 is 33.6 Å². The van der Waals surface area contributed by atoms with E-state index in [2.05, 4.69) is 10.2 Å². The van der Waals surface area contributed by atoms with E-state index in [0.717, 1.165) is 0 Å². The number of rotatable bonds is 13. The summed E-state index contributed by atoms with van der Waals surface area (Å²) in [6.07, 6.45) is 2.95. The fourth-order valence-electron chi connectivity index (χ4n) is 4.30. The largest absolute Gasteiger partial charge is 0.494 e. The molecule has 0 saturated heterocycles.